The topological polar surface area (TPSA) is 83.8 Å². The smallest absolute Gasteiger partial charge is 0.260 e. The minimum Gasteiger partial charge on any atom is -0.318 e. The summed E-state index contributed by atoms with van der Waals surface area (Å²) in [5, 5.41) is 4.15. The lowest BCUT2D eigenvalue weighted by Gasteiger charge is -2.22. The number of benzene rings is 2. The Bertz CT molecular complexity index is 1160. The standard InChI is InChI=1S/C18H20N4O3S2/c1-13-8-4-5-9-14(13)22(27(3,24)25)12-17(23)19-20-18-21(2)15-10-6-7-11-16(15)26-18/h4-11H,12H2,1-3H3,(H,19,23)/b20-18-. The third-order valence-corrected chi connectivity index (χ3v) is 6.30. The largest absolute Gasteiger partial charge is 0.318 e. The third-order valence-electron chi connectivity index (χ3n) is 4.06. The van der Waals surface area contributed by atoms with E-state index in [2.05, 4.69) is 10.5 Å². The van der Waals surface area contributed by atoms with Crippen LogP contribution in [0.15, 0.2) is 53.6 Å². The molecule has 0 unspecified atom stereocenters. The maximum absolute atomic E-state index is 12.4. The number of carbonyl (C=O) groups is 1. The average molecular weight is 405 g/mol. The number of para-hydroxylation sites is 2. The van der Waals surface area contributed by atoms with Gasteiger partial charge in [0, 0.05) is 7.05 Å². The van der Waals surface area contributed by atoms with Crippen molar-refractivity contribution in [2.45, 2.75) is 6.92 Å². The van der Waals surface area contributed by atoms with Crippen LogP contribution in [-0.2, 0) is 21.9 Å². The first kappa shape index (κ1) is 19.1. The fourth-order valence-electron chi connectivity index (χ4n) is 2.69. The molecule has 0 spiro atoms. The first-order valence-corrected chi connectivity index (χ1v) is 10.8. The molecule has 0 fully saturated rings. The number of nitrogens with zero attached hydrogens (tertiary/aromatic N) is 3. The van der Waals surface area contributed by atoms with E-state index in [9.17, 15) is 13.2 Å². The van der Waals surface area contributed by atoms with Gasteiger partial charge in [0.05, 0.1) is 22.2 Å². The summed E-state index contributed by atoms with van der Waals surface area (Å²) in [5.74, 6) is -0.513. The van der Waals surface area contributed by atoms with E-state index in [1.165, 1.54) is 11.3 Å². The van der Waals surface area contributed by atoms with Crippen molar-refractivity contribution in [3.63, 3.8) is 0 Å². The van der Waals surface area contributed by atoms with Crippen molar-refractivity contribution in [1.29, 1.82) is 0 Å². The SMILES string of the molecule is Cc1ccccc1N(CC(=O)N/N=c1\sc2ccccc2n1C)S(C)(=O)=O. The Kier molecular flexibility index (Phi) is 5.33. The second-order valence-electron chi connectivity index (χ2n) is 6.11. The fraction of sp³-hybridized carbons (Fsp3) is 0.222. The van der Waals surface area contributed by atoms with Gasteiger partial charge in [0.25, 0.3) is 5.91 Å². The Morgan fingerprint density at radius 3 is 2.52 bits per heavy atom. The van der Waals surface area contributed by atoms with Crippen LogP contribution < -0.4 is 14.5 Å². The first-order valence-electron chi connectivity index (χ1n) is 8.18. The zero-order chi connectivity index (χ0) is 19.6. The van der Waals surface area contributed by atoms with Crippen LogP contribution in [-0.4, -0.2) is 31.7 Å². The fourth-order valence-corrected chi connectivity index (χ4v) is 4.58. The highest BCUT2D eigenvalue weighted by Gasteiger charge is 2.22. The molecule has 142 valence electrons. The van der Waals surface area contributed by atoms with Gasteiger partial charge < -0.3 is 4.57 Å². The molecule has 3 aromatic rings. The minimum absolute atomic E-state index is 0.345. The Balaban J connectivity index is 1.84. The number of carbonyl (C=O) groups excluding carboxylic acids is 1. The molecule has 3 rings (SSSR count). The van der Waals surface area contributed by atoms with E-state index < -0.39 is 15.9 Å². The molecule has 0 bridgehead atoms. The van der Waals surface area contributed by atoms with Crippen molar-refractivity contribution in [1.82, 2.24) is 9.99 Å². The van der Waals surface area contributed by atoms with E-state index in [0.29, 0.717) is 10.5 Å². The predicted octanol–water partition coefficient (Wildman–Crippen LogP) is 1.95. The number of aromatic nitrogens is 1. The van der Waals surface area contributed by atoms with Crippen LogP contribution in [0, 0.1) is 6.92 Å². The molecule has 7 nitrogen and oxygen atoms in total. The van der Waals surface area contributed by atoms with Crippen LogP contribution in [0.5, 0.6) is 0 Å². The van der Waals surface area contributed by atoms with Gasteiger partial charge in [-0.05, 0) is 30.7 Å². The van der Waals surface area contributed by atoms with E-state index in [-0.39, 0.29) is 6.54 Å². The van der Waals surface area contributed by atoms with E-state index >= 15 is 0 Å². The number of rotatable bonds is 5. The van der Waals surface area contributed by atoms with Crippen molar-refractivity contribution in [3.05, 3.63) is 58.9 Å². The molecule has 0 aliphatic heterocycles. The summed E-state index contributed by atoms with van der Waals surface area (Å²) >= 11 is 1.44. The molecule has 1 amide bonds. The van der Waals surface area contributed by atoms with E-state index in [1.807, 2.05) is 41.9 Å². The number of hydrogen-bond acceptors (Lipinski definition) is 5. The number of thiazole rings is 1. The number of nitrogens with one attached hydrogen (secondary N) is 1. The normalized spacial score (nSPS) is 12.3. The molecule has 1 heterocycles. The lowest BCUT2D eigenvalue weighted by Crippen LogP contribution is -2.39. The van der Waals surface area contributed by atoms with Gasteiger partial charge in [-0.1, -0.05) is 41.7 Å². The Hall–Kier alpha value is -2.65. The maximum Gasteiger partial charge on any atom is 0.260 e. The molecule has 0 aliphatic carbocycles. The van der Waals surface area contributed by atoms with E-state index in [1.54, 1.807) is 25.1 Å². The summed E-state index contributed by atoms with van der Waals surface area (Å²) in [6, 6.07) is 14.8. The van der Waals surface area contributed by atoms with E-state index in [4.69, 9.17) is 0 Å². The van der Waals surface area contributed by atoms with Gasteiger partial charge >= 0.3 is 0 Å². The molecule has 0 saturated carbocycles. The maximum atomic E-state index is 12.4. The van der Waals surface area contributed by atoms with Gasteiger partial charge in [0.2, 0.25) is 14.8 Å². The molecule has 0 saturated heterocycles. The summed E-state index contributed by atoms with van der Waals surface area (Å²) in [6.45, 7) is 1.45. The van der Waals surface area contributed by atoms with Crippen molar-refractivity contribution >= 4 is 43.2 Å². The molecule has 0 radical (unpaired) electrons. The molecular weight excluding hydrogens is 384 g/mol. The highest BCUT2D eigenvalue weighted by Crippen LogP contribution is 2.21. The Morgan fingerprint density at radius 1 is 1.19 bits per heavy atom. The Labute approximate surface area is 161 Å². The molecule has 27 heavy (non-hydrogen) atoms. The monoisotopic (exact) mass is 404 g/mol. The molecule has 0 atom stereocenters. The Morgan fingerprint density at radius 2 is 1.85 bits per heavy atom. The number of anilines is 1. The van der Waals surface area contributed by atoms with Crippen LogP contribution in [0.25, 0.3) is 10.2 Å². The summed E-state index contributed by atoms with van der Waals surface area (Å²) in [7, 11) is -1.76. The van der Waals surface area contributed by atoms with Gasteiger partial charge in [-0.15, -0.1) is 5.10 Å². The van der Waals surface area contributed by atoms with Crippen LogP contribution >= 0.6 is 11.3 Å². The average Bonchev–Trinajstić information content (AvgIpc) is 2.94. The molecule has 1 aromatic heterocycles. The highest BCUT2D eigenvalue weighted by atomic mass is 32.2. The van der Waals surface area contributed by atoms with Gasteiger partial charge in [0.1, 0.15) is 6.54 Å². The third kappa shape index (κ3) is 4.20. The number of hydrogen-bond donors (Lipinski definition) is 1. The van der Waals surface area contributed by atoms with E-state index in [0.717, 1.165) is 26.3 Å². The molecule has 0 aliphatic rings. The summed E-state index contributed by atoms with van der Waals surface area (Å²) in [6.07, 6.45) is 1.08. The summed E-state index contributed by atoms with van der Waals surface area (Å²) in [4.78, 5) is 13.0. The molecule has 1 N–H and O–H groups in total. The van der Waals surface area contributed by atoms with Gasteiger partial charge in [-0.3, -0.25) is 9.10 Å². The van der Waals surface area contributed by atoms with Crippen LogP contribution in [0.4, 0.5) is 5.69 Å². The summed E-state index contributed by atoms with van der Waals surface area (Å²) in [5.41, 5.74) is 4.71. The van der Waals surface area contributed by atoms with Gasteiger partial charge in [-0.2, -0.15) is 0 Å². The minimum atomic E-state index is -3.62. The lowest BCUT2D eigenvalue weighted by molar-refractivity contribution is -0.119. The van der Waals surface area contributed by atoms with Crippen LogP contribution in [0.3, 0.4) is 0 Å². The van der Waals surface area contributed by atoms with Gasteiger partial charge in [-0.25, -0.2) is 13.8 Å². The number of sulfonamides is 1. The quantitative estimate of drug-likeness (QED) is 0.660. The number of amides is 1. The van der Waals surface area contributed by atoms with Gasteiger partial charge in [0.15, 0.2) is 0 Å². The van der Waals surface area contributed by atoms with Crippen molar-refractivity contribution in [3.8, 4) is 0 Å². The number of fused-ring (bicyclic) bond motifs is 1. The van der Waals surface area contributed by atoms with Crippen molar-refractivity contribution < 1.29 is 13.2 Å². The highest BCUT2D eigenvalue weighted by molar-refractivity contribution is 7.92. The molecule has 2 aromatic carbocycles. The summed E-state index contributed by atoms with van der Waals surface area (Å²) < 4.78 is 28.4. The lowest BCUT2D eigenvalue weighted by atomic mass is 10.2. The second-order valence-corrected chi connectivity index (χ2v) is 9.03. The first-order chi connectivity index (χ1) is 12.8. The predicted molar refractivity (Wildman–Crippen MR) is 108 cm³/mol. The zero-order valence-corrected chi connectivity index (χ0v) is 16.8. The van der Waals surface area contributed by atoms with Crippen LogP contribution in [0.1, 0.15) is 5.56 Å². The van der Waals surface area contributed by atoms with Crippen molar-refractivity contribution in [2.75, 3.05) is 17.1 Å². The zero-order valence-electron chi connectivity index (χ0n) is 15.2. The molecule has 9 heteroatoms. The molecular formula is C18H20N4O3S2. The van der Waals surface area contributed by atoms with Crippen LogP contribution in [0.2, 0.25) is 0 Å². The number of aryl methyl sites for hydroxylation is 2. The second kappa shape index (κ2) is 7.53. The van der Waals surface area contributed by atoms with Crippen molar-refractivity contribution in [2.24, 2.45) is 12.1 Å².